The summed E-state index contributed by atoms with van der Waals surface area (Å²) in [6.45, 7) is 5.92. The fraction of sp³-hybridized carbons (Fsp3) is 0.615. The smallest absolute Gasteiger partial charge is 0.303 e. The van der Waals surface area contributed by atoms with E-state index >= 15 is 0 Å². The van der Waals surface area contributed by atoms with Gasteiger partial charge >= 0.3 is 5.97 Å². The first-order chi connectivity index (χ1) is 16.8. The second-order valence-corrected chi connectivity index (χ2v) is 10.3. The van der Waals surface area contributed by atoms with E-state index in [2.05, 4.69) is 9.80 Å². The summed E-state index contributed by atoms with van der Waals surface area (Å²) < 4.78 is 5.58. The van der Waals surface area contributed by atoms with Gasteiger partial charge in [0.15, 0.2) is 0 Å². The SMILES string of the molecule is CC(=O)OC12CCC(C(=O)C1)C1C(=O)N(CCCCN3CCN(c4ccccc4O)CC3)C(=O)C12. The normalized spacial score (nSPS) is 30.7. The molecular formula is C26H33N3O6. The van der Waals surface area contributed by atoms with Crippen LogP contribution in [0.15, 0.2) is 24.3 Å². The summed E-state index contributed by atoms with van der Waals surface area (Å²) in [4.78, 5) is 56.7. The number of hydrogen-bond donors (Lipinski definition) is 1. The minimum absolute atomic E-state index is 0.0397. The maximum absolute atomic E-state index is 13.3. The molecule has 1 N–H and O–H groups in total. The Labute approximate surface area is 205 Å². The number of ether oxygens (including phenoxy) is 1. The van der Waals surface area contributed by atoms with Crippen molar-refractivity contribution in [1.29, 1.82) is 0 Å². The number of imide groups is 1. The van der Waals surface area contributed by atoms with Gasteiger partial charge < -0.3 is 14.7 Å². The van der Waals surface area contributed by atoms with E-state index in [-0.39, 0.29) is 24.0 Å². The lowest BCUT2D eigenvalue weighted by molar-refractivity contribution is -0.189. The zero-order chi connectivity index (χ0) is 24.7. The number of phenols is 1. The molecule has 0 spiro atoms. The van der Waals surface area contributed by atoms with E-state index in [0.717, 1.165) is 44.8 Å². The molecule has 2 amide bonds. The molecule has 6 rings (SSSR count). The molecule has 5 fully saturated rings. The van der Waals surface area contributed by atoms with Gasteiger partial charge in [0.2, 0.25) is 11.8 Å². The van der Waals surface area contributed by atoms with E-state index in [1.54, 1.807) is 6.07 Å². The van der Waals surface area contributed by atoms with Gasteiger partial charge in [-0.3, -0.25) is 29.0 Å². The lowest BCUT2D eigenvalue weighted by atomic mass is 9.56. The van der Waals surface area contributed by atoms with Crippen LogP contribution in [0.2, 0.25) is 0 Å². The molecule has 2 bridgehead atoms. The largest absolute Gasteiger partial charge is 0.506 e. The highest BCUT2D eigenvalue weighted by Crippen LogP contribution is 2.55. The Morgan fingerprint density at radius 3 is 2.46 bits per heavy atom. The molecule has 2 heterocycles. The number of piperazine rings is 1. The molecule has 0 aromatic heterocycles. The molecule has 2 saturated heterocycles. The van der Waals surface area contributed by atoms with Gasteiger partial charge in [0.1, 0.15) is 17.1 Å². The highest BCUT2D eigenvalue weighted by atomic mass is 16.6. The van der Waals surface area contributed by atoms with Crippen molar-refractivity contribution in [3.05, 3.63) is 24.3 Å². The first-order valence-corrected chi connectivity index (χ1v) is 12.6. The highest BCUT2D eigenvalue weighted by molar-refractivity contribution is 6.09. The van der Waals surface area contributed by atoms with E-state index in [9.17, 15) is 24.3 Å². The summed E-state index contributed by atoms with van der Waals surface area (Å²) in [5.41, 5.74) is -0.296. The lowest BCUT2D eigenvalue weighted by Crippen LogP contribution is -2.60. The van der Waals surface area contributed by atoms with Crippen LogP contribution >= 0.6 is 0 Å². The molecule has 9 nitrogen and oxygen atoms in total. The summed E-state index contributed by atoms with van der Waals surface area (Å²) in [6, 6.07) is 7.37. The van der Waals surface area contributed by atoms with Crippen molar-refractivity contribution in [2.45, 2.75) is 44.6 Å². The third kappa shape index (κ3) is 4.20. The van der Waals surface area contributed by atoms with Crippen molar-refractivity contribution in [3.8, 4) is 5.75 Å². The molecule has 3 aliphatic carbocycles. The number of rotatable bonds is 7. The monoisotopic (exact) mass is 483 g/mol. The fourth-order valence-electron chi connectivity index (χ4n) is 6.64. The summed E-state index contributed by atoms with van der Waals surface area (Å²) in [5, 5.41) is 10.1. The number of hydrogen-bond acceptors (Lipinski definition) is 8. The van der Waals surface area contributed by atoms with Crippen LogP contribution in [-0.4, -0.2) is 83.3 Å². The Morgan fingerprint density at radius 2 is 1.77 bits per heavy atom. The maximum atomic E-state index is 13.3. The average Bonchev–Trinajstić information content (AvgIpc) is 3.09. The number of nitrogens with zero attached hydrogens (tertiary/aromatic N) is 3. The molecule has 4 atom stereocenters. The molecule has 3 saturated carbocycles. The van der Waals surface area contributed by atoms with Crippen molar-refractivity contribution >= 4 is 29.3 Å². The second-order valence-electron chi connectivity index (χ2n) is 10.3. The number of esters is 1. The average molecular weight is 484 g/mol. The van der Waals surface area contributed by atoms with Crippen molar-refractivity contribution in [1.82, 2.24) is 9.80 Å². The number of aromatic hydroxyl groups is 1. The first-order valence-electron chi connectivity index (χ1n) is 12.6. The zero-order valence-corrected chi connectivity index (χ0v) is 20.1. The highest BCUT2D eigenvalue weighted by Gasteiger charge is 2.68. The van der Waals surface area contributed by atoms with E-state index in [4.69, 9.17) is 4.74 Å². The summed E-state index contributed by atoms with van der Waals surface area (Å²) in [6.07, 6.45) is 2.53. The van der Waals surface area contributed by atoms with Crippen LogP contribution in [0.4, 0.5) is 5.69 Å². The van der Waals surface area contributed by atoms with Crippen molar-refractivity contribution in [2.24, 2.45) is 17.8 Å². The van der Waals surface area contributed by atoms with Crippen LogP contribution in [0.1, 0.15) is 39.0 Å². The summed E-state index contributed by atoms with van der Waals surface area (Å²) in [5.74, 6) is -2.67. The van der Waals surface area contributed by atoms with Crippen molar-refractivity contribution < 1.29 is 29.0 Å². The molecule has 5 aliphatic rings. The van der Waals surface area contributed by atoms with Crippen LogP contribution in [0, 0.1) is 17.8 Å². The van der Waals surface area contributed by atoms with Crippen LogP contribution in [0.3, 0.4) is 0 Å². The first kappa shape index (κ1) is 23.8. The van der Waals surface area contributed by atoms with E-state index in [1.807, 2.05) is 18.2 Å². The molecular weight excluding hydrogens is 450 g/mol. The van der Waals surface area contributed by atoms with Crippen LogP contribution < -0.4 is 4.90 Å². The summed E-state index contributed by atoms with van der Waals surface area (Å²) in [7, 11) is 0. The molecule has 1 aromatic rings. The fourth-order valence-corrected chi connectivity index (χ4v) is 6.64. The minimum Gasteiger partial charge on any atom is -0.506 e. The van der Waals surface area contributed by atoms with Gasteiger partial charge in [0, 0.05) is 52.0 Å². The van der Waals surface area contributed by atoms with E-state index in [0.29, 0.717) is 31.6 Å². The van der Waals surface area contributed by atoms with Gasteiger partial charge in [0.25, 0.3) is 0 Å². The number of para-hydroxylation sites is 2. The second kappa shape index (κ2) is 9.26. The Kier molecular flexibility index (Phi) is 6.29. The molecule has 9 heteroatoms. The molecule has 35 heavy (non-hydrogen) atoms. The quantitative estimate of drug-likeness (QED) is 0.354. The molecule has 2 aliphatic heterocycles. The number of ketones is 1. The Hall–Kier alpha value is -2.94. The Balaban J connectivity index is 1.14. The van der Waals surface area contributed by atoms with E-state index in [1.165, 1.54) is 11.8 Å². The van der Waals surface area contributed by atoms with Gasteiger partial charge in [-0.25, -0.2) is 0 Å². The number of Topliss-reactive ketones (excluding diaryl/α,β-unsaturated/α-hetero) is 1. The number of fused-ring (bicyclic) bond motifs is 2. The number of likely N-dealkylation sites (tertiary alicyclic amines) is 1. The third-order valence-corrected chi connectivity index (χ3v) is 8.26. The van der Waals surface area contributed by atoms with E-state index < -0.39 is 29.3 Å². The number of phenolic OH excluding ortho intramolecular Hbond substituents is 1. The van der Waals surface area contributed by atoms with Crippen LogP contribution in [0.25, 0.3) is 0 Å². The number of carbonyl (C=O) groups is 4. The predicted octanol–water partition coefficient (Wildman–Crippen LogP) is 1.58. The molecule has 4 unspecified atom stereocenters. The number of unbranched alkanes of at least 4 members (excludes halogenated alkanes) is 1. The Morgan fingerprint density at radius 1 is 1.06 bits per heavy atom. The number of benzene rings is 1. The Bertz CT molecular complexity index is 1030. The standard InChI is InChI=1S/C26H33N3O6/c1-17(30)35-26-9-8-18(21(32)16-26)22-23(26)25(34)29(24(22)33)11-5-4-10-27-12-14-28(15-13-27)19-6-2-3-7-20(19)31/h2-3,6-7,18,22-23,31H,4-5,8-16H2,1H3. The van der Waals surface area contributed by atoms with Gasteiger partial charge in [0.05, 0.1) is 17.5 Å². The van der Waals surface area contributed by atoms with Crippen molar-refractivity contribution in [2.75, 3.05) is 44.2 Å². The van der Waals surface area contributed by atoms with Crippen LogP contribution in [-0.2, 0) is 23.9 Å². The van der Waals surface area contributed by atoms with Crippen molar-refractivity contribution in [3.63, 3.8) is 0 Å². The maximum Gasteiger partial charge on any atom is 0.303 e. The number of amides is 2. The third-order valence-electron chi connectivity index (χ3n) is 8.26. The molecule has 0 radical (unpaired) electrons. The number of anilines is 1. The van der Waals surface area contributed by atoms with Gasteiger partial charge in [-0.05, 0) is 44.4 Å². The summed E-state index contributed by atoms with van der Waals surface area (Å²) >= 11 is 0. The van der Waals surface area contributed by atoms with Gasteiger partial charge in [-0.1, -0.05) is 12.1 Å². The van der Waals surface area contributed by atoms with Gasteiger partial charge in [-0.2, -0.15) is 0 Å². The van der Waals surface area contributed by atoms with Crippen LogP contribution in [0.5, 0.6) is 5.75 Å². The zero-order valence-electron chi connectivity index (χ0n) is 20.1. The topological polar surface area (TPSA) is 107 Å². The molecule has 188 valence electrons. The van der Waals surface area contributed by atoms with Gasteiger partial charge in [-0.15, -0.1) is 0 Å². The molecule has 1 aromatic carbocycles. The lowest BCUT2D eigenvalue weighted by Gasteiger charge is -2.49. The minimum atomic E-state index is -1.16. The predicted molar refractivity (Wildman–Crippen MR) is 127 cm³/mol. The number of carbonyl (C=O) groups excluding carboxylic acids is 4.